The lowest BCUT2D eigenvalue weighted by Crippen LogP contribution is -2.32. The normalized spacial score (nSPS) is 15.5. The topological polar surface area (TPSA) is 151 Å². The van der Waals surface area contributed by atoms with Crippen molar-refractivity contribution in [1.29, 1.82) is 0 Å². The first-order valence-corrected chi connectivity index (χ1v) is 31.8. The summed E-state index contributed by atoms with van der Waals surface area (Å²) in [6.45, 7) is 18.4. The Morgan fingerprint density at radius 2 is 1.33 bits per heavy atom. The highest BCUT2D eigenvalue weighted by Crippen LogP contribution is 2.38. The van der Waals surface area contributed by atoms with Crippen LogP contribution in [0.5, 0.6) is 0 Å². The second kappa shape index (κ2) is 27.1. The van der Waals surface area contributed by atoms with E-state index in [0.29, 0.717) is 83.6 Å². The third-order valence-electron chi connectivity index (χ3n) is 17.8. The third kappa shape index (κ3) is 13.7. The highest BCUT2D eigenvalue weighted by Gasteiger charge is 2.38. The molecular weight excluding hydrogens is 1160 g/mol. The number of aryl methyl sites for hydroxylation is 2. The van der Waals surface area contributed by atoms with Gasteiger partial charge in [0.05, 0.1) is 40.4 Å². The fraction of sp³-hybridized carbons (Fsp3) is 0.297. The number of benzene rings is 2. The molecule has 0 amide bonds. The van der Waals surface area contributed by atoms with E-state index in [9.17, 15) is 8.78 Å². The predicted molar refractivity (Wildman–Crippen MR) is 365 cm³/mol. The summed E-state index contributed by atoms with van der Waals surface area (Å²) in [6, 6.07) is 22.3. The van der Waals surface area contributed by atoms with Crippen LogP contribution in [0.25, 0.3) is 100 Å². The lowest BCUT2D eigenvalue weighted by Gasteiger charge is -2.25. The Labute approximate surface area is 534 Å². The minimum absolute atomic E-state index is 0.151. The summed E-state index contributed by atoms with van der Waals surface area (Å²) in [5.74, 6) is -2.95. The first kappa shape index (κ1) is 62.7. The smallest absolute Gasteiger partial charge is 0.261 e. The molecule has 14 nitrogen and oxygen atoms in total. The molecule has 12 rings (SSSR count). The fourth-order valence-electron chi connectivity index (χ4n) is 13.0. The van der Waals surface area contributed by atoms with E-state index in [1.807, 2.05) is 112 Å². The van der Waals surface area contributed by atoms with E-state index in [0.717, 1.165) is 127 Å². The molecule has 0 unspecified atom stereocenters. The van der Waals surface area contributed by atoms with Crippen LogP contribution >= 0.6 is 0 Å². The first-order valence-electron chi connectivity index (χ1n) is 31.8. The van der Waals surface area contributed by atoms with E-state index in [1.165, 1.54) is 25.3 Å². The van der Waals surface area contributed by atoms with Crippen LogP contribution in [0.3, 0.4) is 0 Å². The van der Waals surface area contributed by atoms with Gasteiger partial charge in [-0.1, -0.05) is 63.3 Å². The highest BCUT2D eigenvalue weighted by molar-refractivity contribution is 6.02. The minimum atomic E-state index is -2.69. The molecule has 1 aliphatic heterocycles. The van der Waals surface area contributed by atoms with Crippen LogP contribution in [0.15, 0.2) is 171 Å². The number of likely N-dealkylation sites (tertiary alicyclic amines) is 1. The number of nitrogens with zero attached hydrogens (tertiary/aromatic N) is 10. The summed E-state index contributed by atoms with van der Waals surface area (Å²) >= 11 is 0. The zero-order valence-corrected chi connectivity index (χ0v) is 53.0. The van der Waals surface area contributed by atoms with Crippen LogP contribution in [0.2, 0.25) is 0 Å². The summed E-state index contributed by atoms with van der Waals surface area (Å²) in [7, 11) is 6.06. The van der Waals surface area contributed by atoms with Crippen molar-refractivity contribution in [2.24, 2.45) is 5.92 Å². The number of hydrogen-bond acceptors (Lipinski definition) is 10. The van der Waals surface area contributed by atoms with E-state index in [4.69, 9.17) is 25.0 Å². The number of hydrogen-bond donors (Lipinski definition) is 4. The van der Waals surface area contributed by atoms with Crippen molar-refractivity contribution in [2.45, 2.75) is 84.0 Å². The van der Waals surface area contributed by atoms with E-state index >= 15 is 8.78 Å². The number of aromatic nitrogens is 10. The van der Waals surface area contributed by atoms with Crippen LogP contribution in [0.4, 0.5) is 17.6 Å². The minimum Gasteiger partial charge on any atom is -0.359 e. The van der Waals surface area contributed by atoms with Crippen LogP contribution in [-0.2, 0) is 12.8 Å². The molecule has 2 aliphatic rings. The van der Waals surface area contributed by atoms with Crippen LogP contribution in [0.1, 0.15) is 87.5 Å². The van der Waals surface area contributed by atoms with Gasteiger partial charge < -0.3 is 20.2 Å². The molecule has 472 valence electrons. The molecule has 2 fully saturated rings. The van der Waals surface area contributed by atoms with Crippen LogP contribution < -0.4 is 10.3 Å². The van der Waals surface area contributed by atoms with Gasteiger partial charge in [-0.15, -0.1) is 5.10 Å². The van der Waals surface area contributed by atoms with Gasteiger partial charge in [0.1, 0.15) is 17.3 Å². The van der Waals surface area contributed by atoms with Crippen LogP contribution in [0, 0.1) is 17.6 Å². The standard InChI is InChI=1S/C74H78F4N14/c1-9-47(44-91-29-24-74(77,78)45-91)30-50(10-2)55-38-62-70(86-87-72(62)81-42-55)66-40-60-64(84-66)22-25-79-68(60)54-32-49(34-58(76)36-54)19-17-28-90(8)92-73-63(39-56(43-82-73)51(11-3)37-59(12-4)83-46(5)52-20-14-13-15-21-52)71(88-92)67-41-61-65(85-67)23-26-80-69(61)53-31-48(33-57(75)35-53)18-16-27-89(6)7/h9-12,22-23,25-26,30-43,52,83-85H,1,4-5,13-21,24,27-29,44-45H2,2-3,6-8H3,(H,81,86,87)/b47-30+,50-10+,51-11+,59-37+. The second-order valence-electron chi connectivity index (χ2n) is 24.7. The van der Waals surface area contributed by atoms with Crippen LogP contribution in [-0.4, -0.2) is 120 Å². The molecule has 0 radical (unpaired) electrons. The number of fused-ring (bicyclic) bond motifs is 4. The zero-order valence-electron chi connectivity index (χ0n) is 53.0. The third-order valence-corrected chi connectivity index (χ3v) is 17.8. The van der Waals surface area contributed by atoms with Gasteiger partial charge in [-0.25, -0.2) is 27.5 Å². The van der Waals surface area contributed by atoms with Crippen molar-refractivity contribution in [2.75, 3.05) is 58.9 Å². The molecule has 92 heavy (non-hydrogen) atoms. The number of aromatic amines is 3. The SMILES string of the molecule is C=C/C(=C\C(=C/C)c1cnc2n[nH]c(-c3cc4c(-c5cc(F)cc(CCCN(C)n6nc(-c7cc8c(-c9cc(F)cc(CCCN(C)C)c9)nccc8[nH]7)c7cc(C(/C=C(\C=C)NC(=C)C8CCCCC8)=C/C)cnc76)c5)nccc4[nH]3)c2c1)CN1CCC(F)(F)C1. The Hall–Kier alpha value is -9.52. The van der Waals surface area contributed by atoms with Crippen molar-refractivity contribution in [3.05, 3.63) is 205 Å². The molecule has 9 heterocycles. The van der Waals surface area contributed by atoms with E-state index in [2.05, 4.69) is 68.3 Å². The molecule has 0 atom stereocenters. The van der Waals surface area contributed by atoms with E-state index < -0.39 is 5.92 Å². The maximum atomic E-state index is 15.9. The lowest BCUT2D eigenvalue weighted by molar-refractivity contribution is 0.0131. The quantitative estimate of drug-likeness (QED) is 0.0340. The van der Waals surface area contributed by atoms with Crippen molar-refractivity contribution in [3.8, 4) is 45.3 Å². The van der Waals surface area contributed by atoms with E-state index in [-0.39, 0.29) is 24.6 Å². The molecule has 1 aliphatic carbocycles. The molecule has 4 N–H and O–H groups in total. The molecule has 1 saturated heterocycles. The molecule has 1 saturated carbocycles. The molecule has 8 aromatic heterocycles. The average molecular weight is 1240 g/mol. The zero-order chi connectivity index (χ0) is 64.2. The summed E-state index contributed by atoms with van der Waals surface area (Å²) in [6.07, 6.45) is 27.3. The Kier molecular flexibility index (Phi) is 18.5. The summed E-state index contributed by atoms with van der Waals surface area (Å²) in [5.41, 5.74) is 16.3. The molecular formula is C74H78F4N14. The number of halogens is 4. The second-order valence-corrected chi connectivity index (χ2v) is 24.7. The van der Waals surface area contributed by atoms with Gasteiger partial charge in [0.25, 0.3) is 5.92 Å². The first-order chi connectivity index (χ1) is 44.5. The maximum absolute atomic E-state index is 15.9. The number of H-pyrrole nitrogens is 3. The van der Waals surface area contributed by atoms with Gasteiger partial charge in [0.2, 0.25) is 0 Å². The van der Waals surface area contributed by atoms with Gasteiger partial charge in [-0.2, -0.15) is 9.89 Å². The Bertz CT molecular complexity index is 4550. The van der Waals surface area contributed by atoms with Gasteiger partial charge in [-0.3, -0.25) is 25.0 Å². The van der Waals surface area contributed by atoms with Gasteiger partial charge in [-0.05, 0) is 192 Å². The van der Waals surface area contributed by atoms with Crippen molar-refractivity contribution in [3.63, 3.8) is 0 Å². The van der Waals surface area contributed by atoms with E-state index in [1.54, 1.807) is 47.8 Å². The number of alkyl halides is 2. The maximum Gasteiger partial charge on any atom is 0.261 e. The summed E-state index contributed by atoms with van der Waals surface area (Å²) < 4.78 is 59.4. The number of pyridine rings is 4. The Morgan fingerprint density at radius 1 is 0.707 bits per heavy atom. The molecule has 0 spiro atoms. The van der Waals surface area contributed by atoms with Gasteiger partial charge >= 0.3 is 0 Å². The van der Waals surface area contributed by atoms with Crippen molar-refractivity contribution >= 4 is 55.0 Å². The Balaban J connectivity index is 0.817. The monoisotopic (exact) mass is 1240 g/mol. The molecule has 10 aromatic rings. The summed E-state index contributed by atoms with van der Waals surface area (Å²) in [5, 5.41) is 21.9. The predicted octanol–water partition coefficient (Wildman–Crippen LogP) is 16.1. The lowest BCUT2D eigenvalue weighted by atomic mass is 9.87. The average Bonchev–Trinajstić information content (AvgIpc) is 1.62. The molecule has 0 bridgehead atoms. The number of allylic oxidation sites excluding steroid dienone is 8. The summed E-state index contributed by atoms with van der Waals surface area (Å²) in [4.78, 5) is 32.4. The van der Waals surface area contributed by atoms with Gasteiger partial charge in [0.15, 0.2) is 11.3 Å². The van der Waals surface area contributed by atoms with Gasteiger partial charge in [0, 0.05) is 119 Å². The van der Waals surface area contributed by atoms with Crippen molar-refractivity contribution in [1.82, 2.24) is 65.1 Å². The Morgan fingerprint density at radius 3 is 1.95 bits per heavy atom. The molecule has 2 aromatic carbocycles. The largest absolute Gasteiger partial charge is 0.359 e. The number of nitrogens with one attached hydrogen (secondary N) is 4. The fourth-order valence-corrected chi connectivity index (χ4v) is 13.0. The molecule has 18 heteroatoms. The highest BCUT2D eigenvalue weighted by atomic mass is 19.3. The number of rotatable bonds is 24. The van der Waals surface area contributed by atoms with Crippen molar-refractivity contribution < 1.29 is 17.6 Å².